The lowest BCUT2D eigenvalue weighted by molar-refractivity contribution is 0.102. The maximum atomic E-state index is 8.29. The normalized spacial score (nSPS) is 13.5. The van der Waals surface area contributed by atoms with Gasteiger partial charge in [0.05, 0.1) is 25.4 Å². The zero-order valence-electron chi connectivity index (χ0n) is 7.35. The average Bonchev–Trinajstić information content (AvgIpc) is 2.04. The highest BCUT2D eigenvalue weighted by atomic mass is 16.3. The summed E-state index contributed by atoms with van der Waals surface area (Å²) < 4.78 is 0. The van der Waals surface area contributed by atoms with Gasteiger partial charge in [-0.25, -0.2) is 0 Å². The van der Waals surface area contributed by atoms with Crippen molar-refractivity contribution in [3.05, 3.63) is 0 Å². The summed E-state index contributed by atoms with van der Waals surface area (Å²) in [6, 6.07) is 0. The summed E-state index contributed by atoms with van der Waals surface area (Å²) in [4.78, 5) is 0. The molecule has 0 bridgehead atoms. The minimum absolute atomic E-state index is 0. The predicted molar refractivity (Wildman–Crippen MR) is 45.9 cm³/mol. The first-order valence-corrected chi connectivity index (χ1v) is 3.36. The van der Waals surface area contributed by atoms with Gasteiger partial charge in [-0.05, 0) is 6.92 Å². The lowest BCUT2D eigenvalue weighted by Gasteiger charge is -1.97. The minimum Gasteiger partial charge on any atom is -0.394 e. The first-order valence-electron chi connectivity index (χ1n) is 3.36. The summed E-state index contributed by atoms with van der Waals surface area (Å²) in [6.45, 7) is 1.28. The van der Waals surface area contributed by atoms with Gasteiger partial charge in [0.2, 0.25) is 0 Å². The van der Waals surface area contributed by atoms with Crippen LogP contribution in [-0.2, 0) is 0 Å². The zero-order valence-corrected chi connectivity index (χ0v) is 7.35. The Labute approximate surface area is 72.2 Å². The van der Waals surface area contributed by atoms with Crippen molar-refractivity contribution < 1.29 is 20.4 Å². The van der Waals surface area contributed by atoms with Crippen LogP contribution < -0.4 is 11.9 Å². The van der Waals surface area contributed by atoms with Gasteiger partial charge in [0.1, 0.15) is 0 Å². The molecule has 9 N–H and O–H groups in total. The fourth-order valence-electron chi connectivity index (χ4n) is 0.0745. The van der Waals surface area contributed by atoms with Gasteiger partial charge in [0.25, 0.3) is 0 Å². The Balaban J connectivity index is -0.000000126. The lowest BCUT2D eigenvalue weighted by Crippen LogP contribution is -2.22. The maximum Gasteiger partial charge on any atom is 0.0892 e. The molecule has 2 atom stereocenters. The molecule has 0 heterocycles. The molecule has 0 aliphatic rings. The molecule has 12 heavy (non-hydrogen) atoms. The van der Waals surface area contributed by atoms with Crippen LogP contribution in [-0.4, -0.2) is 52.4 Å². The monoisotopic (exact) mass is 184 g/mol. The van der Waals surface area contributed by atoms with E-state index in [1.54, 1.807) is 0 Å². The van der Waals surface area contributed by atoms with Crippen molar-refractivity contribution in [1.29, 1.82) is 0 Å². The highest BCUT2D eigenvalue weighted by molar-refractivity contribution is 4.48. The molecule has 0 amide bonds. The number of hydrogen-bond donors (Lipinski definition) is 6. The summed E-state index contributed by atoms with van der Waals surface area (Å²) >= 11 is 0. The van der Waals surface area contributed by atoms with Gasteiger partial charge in [-0.3, -0.25) is 0 Å². The third-order valence-electron chi connectivity index (χ3n) is 0.747. The van der Waals surface area contributed by atoms with Crippen LogP contribution in [0.2, 0.25) is 0 Å². The van der Waals surface area contributed by atoms with E-state index < -0.39 is 12.2 Å². The van der Waals surface area contributed by atoms with Crippen molar-refractivity contribution in [3.8, 4) is 0 Å². The number of rotatable bonds is 3. The Kier molecular flexibility index (Phi) is 19.7. The Morgan fingerprint density at radius 2 is 1.50 bits per heavy atom. The Hall–Kier alpha value is -0.240. The van der Waals surface area contributed by atoms with Crippen LogP contribution in [0, 0.1) is 0 Å². The molecular weight excluding hydrogens is 164 g/mol. The van der Waals surface area contributed by atoms with Crippen LogP contribution in [0.25, 0.3) is 0 Å². The summed E-state index contributed by atoms with van der Waals surface area (Å²) in [7, 11) is 0. The van der Waals surface area contributed by atoms with E-state index in [0.29, 0.717) is 0 Å². The predicted octanol–water partition coefficient (Wildman–Crippen LogP) is -2.18. The molecule has 0 aromatic rings. The van der Waals surface area contributed by atoms with Gasteiger partial charge >= 0.3 is 0 Å². The van der Waals surface area contributed by atoms with Gasteiger partial charge in [-0.2, -0.15) is 0 Å². The fraction of sp³-hybridized carbons (Fsp3) is 1.00. The van der Waals surface area contributed by atoms with Crippen molar-refractivity contribution in [2.75, 3.05) is 19.8 Å². The van der Waals surface area contributed by atoms with Gasteiger partial charge in [0, 0.05) is 6.54 Å². The van der Waals surface area contributed by atoms with Crippen LogP contribution in [0.1, 0.15) is 6.92 Å². The molecule has 0 saturated carbocycles. The first-order chi connectivity index (χ1) is 5.08. The van der Waals surface area contributed by atoms with E-state index in [1.165, 1.54) is 6.92 Å². The molecule has 0 aromatic heterocycles. The van der Waals surface area contributed by atoms with E-state index in [1.807, 2.05) is 0 Å². The van der Waals surface area contributed by atoms with E-state index in [2.05, 4.69) is 0 Å². The molecule has 6 nitrogen and oxygen atoms in total. The number of aliphatic hydroxyl groups excluding tert-OH is 4. The highest BCUT2D eigenvalue weighted by Crippen LogP contribution is 1.69. The second kappa shape index (κ2) is 13.4. The minimum atomic E-state index is -0.731. The Morgan fingerprint density at radius 3 is 1.50 bits per heavy atom. The van der Waals surface area contributed by atoms with Crippen molar-refractivity contribution in [2.24, 2.45) is 5.73 Å². The van der Waals surface area contributed by atoms with Gasteiger partial charge in [0.15, 0.2) is 0 Å². The largest absolute Gasteiger partial charge is 0.394 e. The van der Waals surface area contributed by atoms with Crippen molar-refractivity contribution in [1.82, 2.24) is 6.15 Å². The maximum absolute atomic E-state index is 8.29. The summed E-state index contributed by atoms with van der Waals surface area (Å²) in [6.07, 6.45) is -1.29. The molecule has 0 rings (SSSR count). The molecule has 78 valence electrons. The number of nitrogens with two attached hydrogens (primary N) is 1. The van der Waals surface area contributed by atoms with Crippen LogP contribution in [0.3, 0.4) is 0 Å². The summed E-state index contributed by atoms with van der Waals surface area (Å²) in [5.74, 6) is 0. The molecule has 0 fully saturated rings. The van der Waals surface area contributed by atoms with E-state index in [0.717, 1.165) is 0 Å². The molecule has 0 aromatic carbocycles. The highest BCUT2D eigenvalue weighted by Gasteiger charge is 1.92. The zero-order chi connectivity index (χ0) is 9.28. The fourth-order valence-corrected chi connectivity index (χ4v) is 0.0745. The number of hydrogen-bond acceptors (Lipinski definition) is 6. The van der Waals surface area contributed by atoms with Gasteiger partial charge in [-0.1, -0.05) is 0 Å². The molecule has 2 unspecified atom stereocenters. The molecule has 0 spiro atoms. The molecule has 0 aliphatic carbocycles. The molecule has 0 aliphatic heterocycles. The Morgan fingerprint density at radius 1 is 1.17 bits per heavy atom. The van der Waals surface area contributed by atoms with E-state index in [9.17, 15) is 0 Å². The lowest BCUT2D eigenvalue weighted by atomic mass is 10.4. The van der Waals surface area contributed by atoms with Gasteiger partial charge in [-0.15, -0.1) is 0 Å². The second-order valence-electron chi connectivity index (χ2n) is 2.10. The van der Waals surface area contributed by atoms with Crippen LogP contribution >= 0.6 is 0 Å². The van der Waals surface area contributed by atoms with Gasteiger partial charge < -0.3 is 32.3 Å². The molecule has 0 saturated heterocycles. The SMILES string of the molecule is CC(O)CO.N.NCC(O)CO. The third-order valence-corrected chi connectivity index (χ3v) is 0.747. The van der Waals surface area contributed by atoms with E-state index in [4.69, 9.17) is 26.2 Å². The quantitative estimate of drug-likeness (QED) is 0.294. The summed E-state index contributed by atoms with van der Waals surface area (Å²) in [5.41, 5.74) is 4.87. The molecular formula is C6H20N2O4. The Bertz CT molecular complexity index is 68.6. The van der Waals surface area contributed by atoms with Crippen LogP contribution in [0.15, 0.2) is 0 Å². The molecule has 0 radical (unpaired) electrons. The van der Waals surface area contributed by atoms with Crippen LogP contribution in [0.5, 0.6) is 0 Å². The topological polar surface area (TPSA) is 142 Å². The summed E-state index contributed by atoms with van der Waals surface area (Å²) in [5, 5.41) is 32.3. The van der Waals surface area contributed by atoms with Crippen molar-refractivity contribution in [2.45, 2.75) is 19.1 Å². The smallest absolute Gasteiger partial charge is 0.0892 e. The second-order valence-corrected chi connectivity index (χ2v) is 2.10. The molecule has 6 heteroatoms. The van der Waals surface area contributed by atoms with Crippen molar-refractivity contribution >= 4 is 0 Å². The van der Waals surface area contributed by atoms with Crippen molar-refractivity contribution in [3.63, 3.8) is 0 Å². The third kappa shape index (κ3) is 22.6. The average molecular weight is 184 g/mol. The van der Waals surface area contributed by atoms with E-state index in [-0.39, 0.29) is 25.9 Å². The standard InChI is InChI=1S/C3H9NO2.C3H8O2.H3N/c4-1-3(6)2-5;1-3(5)2-4;/h3,5-6H,1-2,4H2;3-5H,2H2,1H3;1H3. The van der Waals surface area contributed by atoms with Crippen LogP contribution in [0.4, 0.5) is 0 Å². The van der Waals surface area contributed by atoms with E-state index >= 15 is 0 Å². The number of aliphatic hydroxyl groups is 4. The first kappa shape index (κ1) is 17.7.